The van der Waals surface area contributed by atoms with E-state index in [2.05, 4.69) is 19.9 Å². The minimum absolute atomic E-state index is 0.644. The van der Waals surface area contributed by atoms with Crippen molar-refractivity contribution in [2.24, 2.45) is 17.6 Å². The molecule has 0 aromatic rings. The second-order valence-electron chi connectivity index (χ2n) is 4.11. The Bertz CT molecular complexity index is 158. The maximum atomic E-state index is 5.76. The molecular weight excluding hydrogens is 146 g/mol. The summed E-state index contributed by atoms with van der Waals surface area (Å²) in [6.45, 7) is 5.36. The van der Waals surface area contributed by atoms with E-state index in [1.807, 2.05) is 0 Å². The Morgan fingerprint density at radius 1 is 1.42 bits per heavy atom. The van der Waals surface area contributed by atoms with Crippen LogP contribution in [0.3, 0.4) is 0 Å². The normalized spacial score (nSPS) is 20.8. The van der Waals surface area contributed by atoms with E-state index in [-0.39, 0.29) is 0 Å². The highest BCUT2D eigenvalue weighted by Crippen LogP contribution is 2.28. The number of nitrogens with two attached hydrogens (primary N) is 1. The smallest absolute Gasteiger partial charge is 0.000903 e. The van der Waals surface area contributed by atoms with Gasteiger partial charge in [-0.15, -0.1) is 0 Å². The molecule has 0 radical (unpaired) electrons. The molecule has 1 aliphatic rings. The lowest BCUT2D eigenvalue weighted by Crippen LogP contribution is -2.22. The summed E-state index contributed by atoms with van der Waals surface area (Å²) in [5, 5.41) is 0. The highest BCUT2D eigenvalue weighted by molar-refractivity contribution is 5.10. The van der Waals surface area contributed by atoms with Crippen LogP contribution in [0, 0.1) is 11.8 Å². The van der Waals surface area contributed by atoms with Crippen molar-refractivity contribution in [1.82, 2.24) is 0 Å². The number of rotatable bonds is 3. The zero-order valence-corrected chi connectivity index (χ0v) is 8.34. The van der Waals surface area contributed by atoms with Gasteiger partial charge in [-0.3, -0.25) is 0 Å². The molecule has 0 spiro atoms. The first-order valence-electron chi connectivity index (χ1n) is 5.14. The molecule has 0 amide bonds. The summed E-state index contributed by atoms with van der Waals surface area (Å²) >= 11 is 0. The van der Waals surface area contributed by atoms with Crippen molar-refractivity contribution in [3.8, 4) is 0 Å². The van der Waals surface area contributed by atoms with Crippen molar-refractivity contribution in [3.05, 3.63) is 11.6 Å². The molecule has 1 nitrogen and oxygen atoms in total. The molecule has 1 atom stereocenters. The second-order valence-corrected chi connectivity index (χ2v) is 4.11. The van der Waals surface area contributed by atoms with Gasteiger partial charge in [0.1, 0.15) is 0 Å². The minimum Gasteiger partial charge on any atom is -0.330 e. The molecule has 0 aliphatic heterocycles. The van der Waals surface area contributed by atoms with Crippen LogP contribution in [0.25, 0.3) is 0 Å². The van der Waals surface area contributed by atoms with Crippen LogP contribution in [0.1, 0.15) is 39.5 Å². The van der Waals surface area contributed by atoms with Gasteiger partial charge in [-0.25, -0.2) is 0 Å². The van der Waals surface area contributed by atoms with Gasteiger partial charge >= 0.3 is 0 Å². The molecule has 70 valence electrons. The van der Waals surface area contributed by atoms with Gasteiger partial charge in [0.15, 0.2) is 0 Å². The van der Waals surface area contributed by atoms with E-state index in [9.17, 15) is 0 Å². The third-order valence-electron chi connectivity index (χ3n) is 2.86. The van der Waals surface area contributed by atoms with Crippen molar-refractivity contribution in [2.45, 2.75) is 39.5 Å². The molecule has 1 aliphatic carbocycles. The SMILES string of the molecule is CC(C)C(CN)C1=CCCCC1. The zero-order valence-electron chi connectivity index (χ0n) is 8.34. The predicted octanol–water partition coefficient (Wildman–Crippen LogP) is 2.72. The number of hydrogen-bond acceptors (Lipinski definition) is 1. The lowest BCUT2D eigenvalue weighted by molar-refractivity contribution is 0.428. The number of hydrogen-bond donors (Lipinski definition) is 1. The Morgan fingerprint density at radius 2 is 2.17 bits per heavy atom. The van der Waals surface area contributed by atoms with Gasteiger partial charge in [0.25, 0.3) is 0 Å². The lowest BCUT2D eigenvalue weighted by Gasteiger charge is -2.25. The third kappa shape index (κ3) is 2.34. The quantitative estimate of drug-likeness (QED) is 0.643. The van der Waals surface area contributed by atoms with Crippen molar-refractivity contribution < 1.29 is 0 Å². The van der Waals surface area contributed by atoms with Crippen molar-refractivity contribution >= 4 is 0 Å². The van der Waals surface area contributed by atoms with Crippen LogP contribution in [-0.4, -0.2) is 6.54 Å². The van der Waals surface area contributed by atoms with Gasteiger partial charge in [0.2, 0.25) is 0 Å². The largest absolute Gasteiger partial charge is 0.330 e. The summed E-state index contributed by atoms with van der Waals surface area (Å²) in [6, 6.07) is 0. The Balaban J connectivity index is 2.57. The van der Waals surface area contributed by atoms with Gasteiger partial charge < -0.3 is 5.73 Å². The van der Waals surface area contributed by atoms with Crippen LogP contribution < -0.4 is 5.73 Å². The van der Waals surface area contributed by atoms with E-state index < -0.39 is 0 Å². The minimum atomic E-state index is 0.644. The molecule has 0 saturated heterocycles. The number of allylic oxidation sites excluding steroid dienone is 1. The molecule has 0 aromatic heterocycles. The fourth-order valence-corrected chi connectivity index (χ4v) is 2.05. The molecule has 0 aromatic carbocycles. The van der Waals surface area contributed by atoms with Crippen LogP contribution in [0.5, 0.6) is 0 Å². The summed E-state index contributed by atoms with van der Waals surface area (Å²) in [6.07, 6.45) is 7.73. The summed E-state index contributed by atoms with van der Waals surface area (Å²) < 4.78 is 0. The molecule has 0 bridgehead atoms. The zero-order chi connectivity index (χ0) is 8.97. The van der Waals surface area contributed by atoms with Crippen LogP contribution in [0.2, 0.25) is 0 Å². The summed E-state index contributed by atoms with van der Waals surface area (Å²) in [5.41, 5.74) is 7.39. The summed E-state index contributed by atoms with van der Waals surface area (Å²) in [5.74, 6) is 1.35. The monoisotopic (exact) mass is 167 g/mol. The Hall–Kier alpha value is -0.300. The Morgan fingerprint density at radius 3 is 2.58 bits per heavy atom. The van der Waals surface area contributed by atoms with E-state index >= 15 is 0 Å². The van der Waals surface area contributed by atoms with Crippen LogP contribution in [0.4, 0.5) is 0 Å². The molecule has 0 fully saturated rings. The Labute approximate surface area is 76.0 Å². The maximum absolute atomic E-state index is 5.76. The average Bonchev–Trinajstić information content (AvgIpc) is 2.07. The summed E-state index contributed by atoms with van der Waals surface area (Å²) in [7, 11) is 0. The predicted molar refractivity (Wildman–Crippen MR) is 53.9 cm³/mol. The first-order chi connectivity index (χ1) is 5.75. The molecule has 0 heterocycles. The van der Waals surface area contributed by atoms with Crippen molar-refractivity contribution in [3.63, 3.8) is 0 Å². The molecular formula is C11H21N. The standard InChI is InChI=1S/C11H21N/c1-9(2)11(8-12)10-6-4-3-5-7-10/h6,9,11H,3-5,7-8,12H2,1-2H3. The van der Waals surface area contributed by atoms with Gasteiger partial charge in [0, 0.05) is 0 Å². The molecule has 2 N–H and O–H groups in total. The molecule has 0 saturated carbocycles. The highest BCUT2D eigenvalue weighted by Gasteiger charge is 2.17. The Kier molecular flexibility index (Phi) is 3.80. The first-order valence-corrected chi connectivity index (χ1v) is 5.14. The van der Waals surface area contributed by atoms with E-state index in [1.165, 1.54) is 25.7 Å². The lowest BCUT2D eigenvalue weighted by atomic mass is 9.82. The topological polar surface area (TPSA) is 26.0 Å². The van der Waals surface area contributed by atoms with Crippen molar-refractivity contribution in [1.29, 1.82) is 0 Å². The fourth-order valence-electron chi connectivity index (χ4n) is 2.05. The van der Waals surface area contributed by atoms with Crippen molar-refractivity contribution in [2.75, 3.05) is 6.54 Å². The second kappa shape index (κ2) is 4.66. The van der Waals surface area contributed by atoms with Crippen LogP contribution in [0.15, 0.2) is 11.6 Å². The van der Waals surface area contributed by atoms with E-state index in [0.717, 1.165) is 6.54 Å². The van der Waals surface area contributed by atoms with Gasteiger partial charge in [-0.2, -0.15) is 0 Å². The third-order valence-corrected chi connectivity index (χ3v) is 2.86. The summed E-state index contributed by atoms with van der Waals surface area (Å²) in [4.78, 5) is 0. The molecule has 1 unspecified atom stereocenters. The maximum Gasteiger partial charge on any atom is -0.000903 e. The average molecular weight is 167 g/mol. The van der Waals surface area contributed by atoms with Gasteiger partial charge in [0.05, 0.1) is 0 Å². The van der Waals surface area contributed by atoms with Gasteiger partial charge in [-0.1, -0.05) is 25.5 Å². The van der Waals surface area contributed by atoms with E-state index in [4.69, 9.17) is 5.73 Å². The molecule has 1 heteroatoms. The first kappa shape index (κ1) is 9.79. The van der Waals surface area contributed by atoms with E-state index in [0.29, 0.717) is 11.8 Å². The molecule has 1 rings (SSSR count). The fraction of sp³-hybridized carbons (Fsp3) is 0.818. The van der Waals surface area contributed by atoms with E-state index in [1.54, 1.807) is 5.57 Å². The molecule has 12 heavy (non-hydrogen) atoms. The van der Waals surface area contributed by atoms with Crippen LogP contribution >= 0.6 is 0 Å². The van der Waals surface area contributed by atoms with Crippen LogP contribution in [-0.2, 0) is 0 Å². The van der Waals surface area contributed by atoms with Gasteiger partial charge in [-0.05, 0) is 44.1 Å². The highest BCUT2D eigenvalue weighted by atomic mass is 14.6.